The molecule has 0 atom stereocenters. The third-order valence-corrected chi connectivity index (χ3v) is 10.6. The average molecular weight is 830 g/mol. The molecule has 322 valence electrons. The first-order chi connectivity index (χ1) is 30.8. The van der Waals surface area contributed by atoms with Crippen molar-refractivity contribution < 1.29 is 0 Å². The monoisotopic (exact) mass is 830 g/mol. The van der Waals surface area contributed by atoms with Crippen molar-refractivity contribution in [2.75, 3.05) is 0 Å². The van der Waals surface area contributed by atoms with E-state index in [2.05, 4.69) is 126 Å². The lowest BCUT2D eigenvalue weighted by atomic mass is 9.85. The fourth-order valence-electron chi connectivity index (χ4n) is 7.31. The molecular formula is C60H67N3. The van der Waals surface area contributed by atoms with Crippen molar-refractivity contribution in [3.8, 4) is 22.8 Å². The SMILES string of the molecule is C=C(/C=C\C(=C/C)c1cccc(C)c1)C1=C(C)CCC=C1.CC.CC.CC1=C(c2ccccc2C)CCC=C1c1nc(-c2ccccc2)nc(-c2ccccc2)n1.c1ccccc1. The third-order valence-electron chi connectivity index (χ3n) is 10.6. The van der Waals surface area contributed by atoms with E-state index in [0.29, 0.717) is 11.6 Å². The molecule has 0 saturated heterocycles. The van der Waals surface area contributed by atoms with Crippen LogP contribution in [-0.4, -0.2) is 15.0 Å². The Morgan fingerprint density at radius 1 is 0.571 bits per heavy atom. The normalized spacial score (nSPS) is 13.2. The summed E-state index contributed by atoms with van der Waals surface area (Å²) < 4.78 is 0. The number of hydrogen-bond acceptors (Lipinski definition) is 3. The molecule has 2 aliphatic carbocycles. The van der Waals surface area contributed by atoms with Crippen LogP contribution in [0.4, 0.5) is 0 Å². The summed E-state index contributed by atoms with van der Waals surface area (Å²) in [6.07, 6.45) is 17.5. The Labute approximate surface area is 379 Å². The number of hydrogen-bond donors (Lipinski definition) is 0. The van der Waals surface area contributed by atoms with Gasteiger partial charge in [0.05, 0.1) is 0 Å². The summed E-state index contributed by atoms with van der Waals surface area (Å²) in [7, 11) is 0. The Morgan fingerprint density at radius 3 is 1.65 bits per heavy atom. The Morgan fingerprint density at radius 2 is 1.11 bits per heavy atom. The number of aryl methyl sites for hydroxylation is 2. The third kappa shape index (κ3) is 14.4. The molecule has 2 aliphatic rings. The summed E-state index contributed by atoms with van der Waals surface area (Å²) in [5, 5.41) is 0. The standard InChI is InChI=1S/C29H25N3.C21H24.C6H6.2C2H6/c1-20-12-9-10-17-24(20)25-18-11-19-26(21(25)2)29-31-27(22-13-5-3-6-14-22)30-28(32-29)23-15-7-4-8-16-23;1-5-19(20-11-8-9-16(2)15-20)14-13-18(4)21-12-7-6-10-17(21)3;1-2-4-6-5-3-1;2*1-2/h3-10,12-17,19H,11,18H2,1-2H3;5,7-9,11-15H,4,6,10H2,1-3H3;1-6H;2*1-2H3/b;14-13-,19-5+;;;. The first-order valence-corrected chi connectivity index (χ1v) is 22.6. The van der Waals surface area contributed by atoms with Crippen LogP contribution in [0.25, 0.3) is 39.5 Å². The number of allylic oxidation sites excluding steroid dienone is 13. The predicted octanol–water partition coefficient (Wildman–Crippen LogP) is 17.1. The first-order valence-electron chi connectivity index (χ1n) is 22.6. The van der Waals surface area contributed by atoms with Gasteiger partial charge in [0.25, 0.3) is 0 Å². The lowest BCUT2D eigenvalue weighted by Gasteiger charge is -2.21. The Balaban J connectivity index is 0.000000241. The molecule has 0 aliphatic heterocycles. The van der Waals surface area contributed by atoms with E-state index in [0.717, 1.165) is 53.8 Å². The Kier molecular flexibility index (Phi) is 20.7. The highest BCUT2D eigenvalue weighted by atomic mass is 15.0. The molecular weight excluding hydrogens is 763 g/mol. The van der Waals surface area contributed by atoms with Gasteiger partial charge in [0.2, 0.25) is 0 Å². The summed E-state index contributed by atoms with van der Waals surface area (Å²) in [6.45, 7) is 23.0. The number of benzene rings is 5. The van der Waals surface area contributed by atoms with Crippen LogP contribution in [0.3, 0.4) is 0 Å². The quantitative estimate of drug-likeness (QED) is 0.143. The number of aromatic nitrogens is 3. The van der Waals surface area contributed by atoms with Gasteiger partial charge in [0, 0.05) is 16.7 Å². The molecule has 0 bridgehead atoms. The second kappa shape index (κ2) is 26.6. The van der Waals surface area contributed by atoms with Gasteiger partial charge >= 0.3 is 0 Å². The van der Waals surface area contributed by atoms with Crippen molar-refractivity contribution in [2.24, 2.45) is 0 Å². The van der Waals surface area contributed by atoms with Crippen molar-refractivity contribution in [1.82, 2.24) is 15.0 Å². The van der Waals surface area contributed by atoms with Crippen LogP contribution in [0, 0.1) is 13.8 Å². The molecule has 0 fully saturated rings. The van der Waals surface area contributed by atoms with Gasteiger partial charge < -0.3 is 0 Å². The van der Waals surface area contributed by atoms with E-state index in [1.165, 1.54) is 50.1 Å². The van der Waals surface area contributed by atoms with Gasteiger partial charge in [-0.1, -0.05) is 227 Å². The first kappa shape index (κ1) is 49.0. The second-order valence-corrected chi connectivity index (χ2v) is 14.9. The maximum absolute atomic E-state index is 4.93. The molecule has 3 heteroatoms. The van der Waals surface area contributed by atoms with E-state index in [9.17, 15) is 0 Å². The molecule has 0 amide bonds. The maximum Gasteiger partial charge on any atom is 0.164 e. The van der Waals surface area contributed by atoms with E-state index >= 15 is 0 Å². The molecule has 0 radical (unpaired) electrons. The van der Waals surface area contributed by atoms with Crippen LogP contribution >= 0.6 is 0 Å². The van der Waals surface area contributed by atoms with Crippen LogP contribution in [0.1, 0.15) is 102 Å². The number of rotatable bonds is 8. The van der Waals surface area contributed by atoms with Gasteiger partial charge in [-0.2, -0.15) is 0 Å². The van der Waals surface area contributed by atoms with Gasteiger partial charge in [0.15, 0.2) is 17.5 Å². The predicted molar refractivity (Wildman–Crippen MR) is 275 cm³/mol. The maximum atomic E-state index is 4.93. The van der Waals surface area contributed by atoms with E-state index in [4.69, 9.17) is 15.0 Å². The highest BCUT2D eigenvalue weighted by Crippen LogP contribution is 2.38. The van der Waals surface area contributed by atoms with Gasteiger partial charge in [-0.3, -0.25) is 0 Å². The molecule has 0 N–H and O–H groups in total. The lowest BCUT2D eigenvalue weighted by Crippen LogP contribution is -2.07. The molecule has 5 aromatic carbocycles. The minimum absolute atomic E-state index is 0.700. The van der Waals surface area contributed by atoms with Crippen molar-refractivity contribution in [2.45, 2.75) is 88.0 Å². The molecule has 1 heterocycles. The van der Waals surface area contributed by atoms with Crippen LogP contribution in [-0.2, 0) is 0 Å². The van der Waals surface area contributed by atoms with E-state index in [1.807, 2.05) is 125 Å². The minimum atomic E-state index is 0.700. The van der Waals surface area contributed by atoms with E-state index in [1.54, 1.807) is 0 Å². The van der Waals surface area contributed by atoms with Crippen LogP contribution in [0.2, 0.25) is 0 Å². The zero-order chi connectivity index (χ0) is 45.4. The molecule has 0 saturated carbocycles. The molecule has 0 unspecified atom stereocenters. The van der Waals surface area contributed by atoms with Gasteiger partial charge in [-0.05, 0) is 105 Å². The van der Waals surface area contributed by atoms with Crippen molar-refractivity contribution in [3.05, 3.63) is 239 Å². The second-order valence-electron chi connectivity index (χ2n) is 14.9. The van der Waals surface area contributed by atoms with Gasteiger partial charge in [0.1, 0.15) is 0 Å². The summed E-state index contributed by atoms with van der Waals surface area (Å²) in [6, 6.07) is 49.5. The van der Waals surface area contributed by atoms with Crippen molar-refractivity contribution >= 4 is 16.7 Å². The van der Waals surface area contributed by atoms with E-state index < -0.39 is 0 Å². The summed E-state index contributed by atoms with van der Waals surface area (Å²) in [4.78, 5) is 14.7. The highest BCUT2D eigenvalue weighted by molar-refractivity contribution is 5.90. The number of nitrogens with zero attached hydrogens (tertiary/aromatic N) is 3. The molecule has 1 aromatic heterocycles. The molecule has 6 aromatic rings. The lowest BCUT2D eigenvalue weighted by molar-refractivity contribution is 0.945. The fourth-order valence-corrected chi connectivity index (χ4v) is 7.31. The zero-order valence-corrected chi connectivity index (χ0v) is 39.2. The average Bonchev–Trinajstić information content (AvgIpc) is 3.35. The smallest absolute Gasteiger partial charge is 0.164 e. The summed E-state index contributed by atoms with van der Waals surface area (Å²) in [5.41, 5.74) is 15.9. The molecule has 63 heavy (non-hydrogen) atoms. The van der Waals surface area contributed by atoms with Crippen LogP contribution in [0.5, 0.6) is 0 Å². The van der Waals surface area contributed by atoms with Crippen LogP contribution < -0.4 is 0 Å². The Hall–Kier alpha value is -6.71. The summed E-state index contributed by atoms with van der Waals surface area (Å²) >= 11 is 0. The highest BCUT2D eigenvalue weighted by Gasteiger charge is 2.20. The Bertz CT molecular complexity index is 2450. The molecule has 0 spiro atoms. The van der Waals surface area contributed by atoms with Gasteiger partial charge in [-0.25, -0.2) is 15.0 Å². The molecule has 8 rings (SSSR count). The topological polar surface area (TPSA) is 38.7 Å². The minimum Gasteiger partial charge on any atom is -0.208 e. The largest absolute Gasteiger partial charge is 0.208 e. The fraction of sp³-hybridized carbons (Fsp3) is 0.217. The summed E-state index contributed by atoms with van der Waals surface area (Å²) in [5.74, 6) is 2.14. The van der Waals surface area contributed by atoms with Crippen molar-refractivity contribution in [1.29, 1.82) is 0 Å². The van der Waals surface area contributed by atoms with Gasteiger partial charge in [-0.15, -0.1) is 0 Å². The zero-order valence-electron chi connectivity index (χ0n) is 39.2. The molecule has 3 nitrogen and oxygen atoms in total. The van der Waals surface area contributed by atoms with Crippen LogP contribution in [0.15, 0.2) is 211 Å². The van der Waals surface area contributed by atoms with Crippen molar-refractivity contribution in [3.63, 3.8) is 0 Å². The van der Waals surface area contributed by atoms with E-state index in [-0.39, 0.29) is 0 Å².